The monoisotopic (exact) mass is 258 g/mol. The van der Waals surface area contributed by atoms with Gasteiger partial charge in [0.2, 0.25) is 0 Å². The third-order valence-electron chi connectivity index (χ3n) is 1.61. The summed E-state index contributed by atoms with van der Waals surface area (Å²) in [5.74, 6) is 0. The number of H-pyrrole nitrogens is 1. The molecular weight excluding hydrogens is 251 g/mol. The van der Waals surface area contributed by atoms with Crippen molar-refractivity contribution in [3.8, 4) is 0 Å². The Labute approximate surface area is 78.2 Å². The Morgan fingerprint density at radius 1 is 1.55 bits per heavy atom. The van der Waals surface area contributed by atoms with E-state index in [4.69, 9.17) is 0 Å². The Kier molecular flexibility index (Phi) is 1.81. The summed E-state index contributed by atoms with van der Waals surface area (Å²) in [6.45, 7) is 0. The molecule has 3 heteroatoms. The van der Waals surface area contributed by atoms with E-state index in [2.05, 4.69) is 38.6 Å². The zero-order chi connectivity index (χ0) is 7.68. The maximum absolute atomic E-state index is 4.25. The van der Waals surface area contributed by atoms with Gasteiger partial charge in [0.25, 0.3) is 0 Å². The molecule has 2 rings (SSSR count). The molecule has 0 fully saturated rings. The number of alkyl halides is 1. The maximum atomic E-state index is 4.25. The van der Waals surface area contributed by atoms with Crippen LogP contribution in [0.15, 0.2) is 24.5 Å². The second-order valence-electron chi connectivity index (χ2n) is 2.39. The van der Waals surface area contributed by atoms with Gasteiger partial charge in [-0.25, -0.2) is 4.98 Å². The van der Waals surface area contributed by atoms with Crippen molar-refractivity contribution in [3.05, 3.63) is 30.1 Å². The van der Waals surface area contributed by atoms with Crippen LogP contribution < -0.4 is 0 Å². The minimum absolute atomic E-state index is 0.971. The number of fused-ring (bicyclic) bond motifs is 1. The molecule has 0 spiro atoms. The number of hydrogen-bond acceptors (Lipinski definition) is 1. The maximum Gasteiger partial charge on any atom is 0.137 e. The van der Waals surface area contributed by atoms with E-state index < -0.39 is 0 Å². The lowest BCUT2D eigenvalue weighted by molar-refractivity contribution is 1.28. The molecule has 0 unspecified atom stereocenters. The summed E-state index contributed by atoms with van der Waals surface area (Å²) < 4.78 is 1.02. The Hall–Kier alpha value is -0.580. The number of nitrogens with one attached hydrogen (secondary N) is 1. The van der Waals surface area contributed by atoms with Crippen molar-refractivity contribution in [2.45, 2.75) is 4.43 Å². The normalized spacial score (nSPS) is 10.6. The third kappa shape index (κ3) is 1.24. The third-order valence-corrected chi connectivity index (χ3v) is 2.49. The van der Waals surface area contributed by atoms with Gasteiger partial charge in [0.05, 0.1) is 0 Å². The van der Waals surface area contributed by atoms with E-state index in [1.807, 2.05) is 18.5 Å². The number of halogens is 1. The van der Waals surface area contributed by atoms with Gasteiger partial charge in [-0.2, -0.15) is 0 Å². The lowest BCUT2D eigenvalue weighted by Gasteiger charge is -1.93. The zero-order valence-corrected chi connectivity index (χ0v) is 8.00. The van der Waals surface area contributed by atoms with Crippen LogP contribution in [0.5, 0.6) is 0 Å². The first-order valence-corrected chi connectivity index (χ1v) is 4.90. The molecule has 0 saturated carbocycles. The van der Waals surface area contributed by atoms with Crippen LogP contribution in [-0.4, -0.2) is 9.97 Å². The predicted molar refractivity (Wildman–Crippen MR) is 53.8 cm³/mol. The van der Waals surface area contributed by atoms with Crippen LogP contribution in [0.4, 0.5) is 0 Å². The van der Waals surface area contributed by atoms with Crippen molar-refractivity contribution < 1.29 is 0 Å². The van der Waals surface area contributed by atoms with Gasteiger partial charge >= 0.3 is 0 Å². The van der Waals surface area contributed by atoms with Gasteiger partial charge < -0.3 is 4.98 Å². The first-order chi connectivity index (χ1) is 5.40. The fraction of sp³-hybridized carbons (Fsp3) is 0.125. The van der Waals surface area contributed by atoms with Crippen molar-refractivity contribution in [2.75, 3.05) is 0 Å². The van der Waals surface area contributed by atoms with E-state index in [1.165, 1.54) is 10.9 Å². The van der Waals surface area contributed by atoms with E-state index in [0.717, 1.165) is 10.1 Å². The van der Waals surface area contributed by atoms with Crippen molar-refractivity contribution in [1.82, 2.24) is 9.97 Å². The Morgan fingerprint density at radius 3 is 3.27 bits per heavy atom. The molecule has 2 heterocycles. The molecule has 2 aromatic rings. The number of hydrogen-bond donors (Lipinski definition) is 1. The fourth-order valence-corrected chi connectivity index (χ4v) is 1.48. The lowest BCUT2D eigenvalue weighted by atomic mass is 10.2. The SMILES string of the molecule is ICc1cnc2[nH]ccc2c1. The number of nitrogens with zero attached hydrogens (tertiary/aromatic N) is 1. The molecule has 0 atom stereocenters. The van der Waals surface area contributed by atoms with Gasteiger partial charge in [-0.05, 0) is 17.7 Å². The fourth-order valence-electron chi connectivity index (χ4n) is 1.06. The van der Waals surface area contributed by atoms with E-state index in [1.54, 1.807) is 0 Å². The quantitative estimate of drug-likeness (QED) is 0.617. The van der Waals surface area contributed by atoms with Crippen LogP contribution in [0.1, 0.15) is 5.56 Å². The molecular formula is C8H7IN2. The van der Waals surface area contributed by atoms with Gasteiger partial charge in [-0.15, -0.1) is 0 Å². The van der Waals surface area contributed by atoms with Gasteiger partial charge in [0.1, 0.15) is 5.65 Å². The summed E-state index contributed by atoms with van der Waals surface area (Å²) in [7, 11) is 0. The van der Waals surface area contributed by atoms with Crippen LogP contribution in [0.2, 0.25) is 0 Å². The van der Waals surface area contributed by atoms with Gasteiger partial charge in [0.15, 0.2) is 0 Å². The van der Waals surface area contributed by atoms with E-state index >= 15 is 0 Å². The molecule has 0 bridgehead atoms. The molecule has 0 aliphatic rings. The summed E-state index contributed by atoms with van der Waals surface area (Å²) in [4.78, 5) is 7.31. The summed E-state index contributed by atoms with van der Waals surface area (Å²) in [6, 6.07) is 4.20. The summed E-state index contributed by atoms with van der Waals surface area (Å²) in [6.07, 6.45) is 3.82. The molecule has 2 nitrogen and oxygen atoms in total. The van der Waals surface area contributed by atoms with Crippen LogP contribution in [0, 0.1) is 0 Å². The molecule has 0 aromatic carbocycles. The number of aromatic nitrogens is 2. The van der Waals surface area contributed by atoms with Crippen LogP contribution >= 0.6 is 22.6 Å². The van der Waals surface area contributed by atoms with E-state index in [0.29, 0.717) is 0 Å². The largest absolute Gasteiger partial charge is 0.346 e. The Morgan fingerprint density at radius 2 is 2.45 bits per heavy atom. The first kappa shape index (κ1) is 7.09. The minimum Gasteiger partial charge on any atom is -0.346 e. The highest BCUT2D eigenvalue weighted by Crippen LogP contribution is 2.12. The number of rotatable bonds is 1. The van der Waals surface area contributed by atoms with E-state index in [-0.39, 0.29) is 0 Å². The van der Waals surface area contributed by atoms with Crippen LogP contribution in [-0.2, 0) is 4.43 Å². The van der Waals surface area contributed by atoms with Crippen LogP contribution in [0.25, 0.3) is 11.0 Å². The molecule has 0 radical (unpaired) electrons. The summed E-state index contributed by atoms with van der Waals surface area (Å²) in [5, 5.41) is 1.19. The molecule has 0 aliphatic carbocycles. The molecule has 56 valence electrons. The second-order valence-corrected chi connectivity index (χ2v) is 3.16. The predicted octanol–water partition coefficient (Wildman–Crippen LogP) is 2.50. The van der Waals surface area contributed by atoms with Gasteiger partial charge in [0, 0.05) is 22.2 Å². The molecule has 0 aliphatic heterocycles. The molecule has 2 aromatic heterocycles. The summed E-state index contributed by atoms with van der Waals surface area (Å²) >= 11 is 2.33. The second kappa shape index (κ2) is 2.81. The van der Waals surface area contributed by atoms with Crippen LogP contribution in [0.3, 0.4) is 0 Å². The Bertz CT molecular complexity index is 367. The average molecular weight is 258 g/mol. The highest BCUT2D eigenvalue weighted by Gasteiger charge is 1.95. The molecule has 0 saturated heterocycles. The van der Waals surface area contributed by atoms with Gasteiger partial charge in [-0.1, -0.05) is 22.6 Å². The Balaban J connectivity index is 2.67. The first-order valence-electron chi connectivity index (χ1n) is 3.38. The number of aromatic amines is 1. The van der Waals surface area contributed by atoms with Crippen molar-refractivity contribution in [2.24, 2.45) is 0 Å². The van der Waals surface area contributed by atoms with Crippen molar-refractivity contribution in [1.29, 1.82) is 0 Å². The highest BCUT2D eigenvalue weighted by molar-refractivity contribution is 14.1. The topological polar surface area (TPSA) is 28.7 Å². The summed E-state index contributed by atoms with van der Waals surface area (Å²) in [5.41, 5.74) is 2.25. The molecule has 11 heavy (non-hydrogen) atoms. The zero-order valence-electron chi connectivity index (χ0n) is 5.84. The smallest absolute Gasteiger partial charge is 0.137 e. The minimum atomic E-state index is 0.971. The molecule has 0 amide bonds. The average Bonchev–Trinajstić information content (AvgIpc) is 2.50. The van der Waals surface area contributed by atoms with E-state index in [9.17, 15) is 0 Å². The highest BCUT2D eigenvalue weighted by atomic mass is 127. The van der Waals surface area contributed by atoms with Crippen molar-refractivity contribution >= 4 is 33.6 Å². The van der Waals surface area contributed by atoms with Crippen molar-refractivity contribution in [3.63, 3.8) is 0 Å². The number of pyridine rings is 1. The lowest BCUT2D eigenvalue weighted by Crippen LogP contribution is -1.80. The standard InChI is InChI=1S/C8H7IN2/c9-4-6-3-7-1-2-10-8(7)11-5-6/h1-3,5H,4H2,(H,10,11). The van der Waals surface area contributed by atoms with Gasteiger partial charge in [-0.3, -0.25) is 0 Å². The molecule has 1 N–H and O–H groups in total.